The van der Waals surface area contributed by atoms with E-state index < -0.39 is 77.1 Å². The van der Waals surface area contributed by atoms with E-state index in [0.717, 1.165) is 27.9 Å². The summed E-state index contributed by atoms with van der Waals surface area (Å²) < 4.78 is 74.7. The van der Waals surface area contributed by atoms with E-state index in [1.807, 2.05) is 6.07 Å². The number of nitrogens with zero attached hydrogens (tertiary/aromatic N) is 5. The van der Waals surface area contributed by atoms with Gasteiger partial charge in [0.1, 0.15) is 11.6 Å². The molecule has 3 heterocycles. The molecule has 1 amide bonds. The van der Waals surface area contributed by atoms with Crippen molar-refractivity contribution in [2.45, 2.75) is 44.0 Å². The molecule has 1 atom stereocenters. The fraction of sp³-hybridized carbons (Fsp3) is 0.294. The van der Waals surface area contributed by atoms with E-state index in [9.17, 15) is 32.8 Å². The van der Waals surface area contributed by atoms with Crippen molar-refractivity contribution < 1.29 is 31.5 Å². The van der Waals surface area contributed by atoms with Crippen molar-refractivity contribution in [1.82, 2.24) is 14.5 Å². The highest BCUT2D eigenvalue weighted by atomic mass is 35.5. The number of fused-ring (bicyclic) bond motifs is 1. The van der Waals surface area contributed by atoms with Crippen LogP contribution in [-0.4, -0.2) is 65.8 Å². The van der Waals surface area contributed by atoms with Crippen molar-refractivity contribution in [2.75, 3.05) is 30.8 Å². The van der Waals surface area contributed by atoms with E-state index in [1.54, 1.807) is 26.8 Å². The van der Waals surface area contributed by atoms with E-state index in [4.69, 9.17) is 11.6 Å². The first kappa shape index (κ1) is 35.4. The van der Waals surface area contributed by atoms with Gasteiger partial charge in [-0.2, -0.15) is 5.26 Å². The maximum Gasteiger partial charge on any atom is 0.282 e. The molecule has 1 aliphatic heterocycles. The number of hydrogen-bond donors (Lipinski definition) is 1. The number of aromatic nitrogens is 2. The van der Waals surface area contributed by atoms with Gasteiger partial charge in [-0.05, 0) is 42.7 Å². The minimum Gasteiger partial charge on any atom is -0.507 e. The summed E-state index contributed by atoms with van der Waals surface area (Å²) in [6.07, 6.45) is 2.01. The topological polar surface area (TPSA) is 137 Å². The van der Waals surface area contributed by atoms with Gasteiger partial charge in [0.2, 0.25) is 0 Å². The molecule has 5 rings (SSSR count). The van der Waals surface area contributed by atoms with Gasteiger partial charge in [0, 0.05) is 43.0 Å². The lowest BCUT2D eigenvalue weighted by Gasteiger charge is -2.42. The van der Waals surface area contributed by atoms with Crippen LogP contribution in [0, 0.1) is 29.9 Å². The lowest BCUT2D eigenvalue weighted by molar-refractivity contribution is -0.131. The summed E-state index contributed by atoms with van der Waals surface area (Å²) in [7, 11) is -4.44. The van der Waals surface area contributed by atoms with Crippen LogP contribution >= 0.6 is 11.6 Å². The van der Waals surface area contributed by atoms with Crippen molar-refractivity contribution in [3.8, 4) is 28.6 Å². The van der Waals surface area contributed by atoms with Crippen molar-refractivity contribution >= 4 is 43.9 Å². The molecule has 0 saturated carbocycles. The molecule has 0 radical (unpaired) electrons. The van der Waals surface area contributed by atoms with Crippen LogP contribution in [0.2, 0.25) is 5.02 Å². The first-order valence-corrected chi connectivity index (χ1v) is 17.3. The largest absolute Gasteiger partial charge is 0.507 e. The number of amides is 1. The zero-order chi connectivity index (χ0) is 36.1. The second kappa shape index (κ2) is 13.2. The van der Waals surface area contributed by atoms with Crippen LogP contribution < -0.4 is 10.5 Å². The van der Waals surface area contributed by atoms with Gasteiger partial charge in [0.05, 0.1) is 51.7 Å². The van der Waals surface area contributed by atoms with Crippen LogP contribution in [0.3, 0.4) is 0 Å². The molecule has 0 bridgehead atoms. The second-order valence-electron chi connectivity index (χ2n) is 12.0. The van der Waals surface area contributed by atoms with Crippen LogP contribution in [0.4, 0.5) is 18.9 Å². The number of nitriles is 1. The van der Waals surface area contributed by atoms with E-state index in [1.165, 1.54) is 23.2 Å². The van der Waals surface area contributed by atoms with Crippen molar-refractivity contribution in [2.24, 2.45) is 0 Å². The maximum atomic E-state index is 17.3. The molecule has 4 aromatic rings. The highest BCUT2D eigenvalue weighted by Crippen LogP contribution is 2.45. The van der Waals surface area contributed by atoms with Gasteiger partial charge in [-0.1, -0.05) is 38.1 Å². The van der Waals surface area contributed by atoms with E-state index in [-0.39, 0.29) is 48.7 Å². The summed E-state index contributed by atoms with van der Waals surface area (Å²) in [5.41, 5.74) is -2.22. The first-order chi connectivity index (χ1) is 23.0. The fourth-order valence-corrected chi connectivity index (χ4v) is 7.62. The molecule has 0 aliphatic carbocycles. The Morgan fingerprint density at radius 2 is 1.90 bits per heavy atom. The molecule has 2 aromatic heterocycles. The molecule has 1 saturated heterocycles. The number of halogens is 4. The van der Waals surface area contributed by atoms with Gasteiger partial charge < -0.3 is 14.9 Å². The Hall–Kier alpha value is -4.87. The molecular formula is C34H31ClF3N5O5S. The van der Waals surface area contributed by atoms with Crippen LogP contribution in [0.15, 0.2) is 58.6 Å². The number of carbonyl (C=O) groups is 1. The molecule has 1 N–H and O–H groups in total. The Balaban J connectivity index is 2.00. The Morgan fingerprint density at radius 1 is 1.20 bits per heavy atom. The van der Waals surface area contributed by atoms with E-state index in [2.05, 4.69) is 11.6 Å². The van der Waals surface area contributed by atoms with Gasteiger partial charge in [-0.25, -0.2) is 21.6 Å². The monoisotopic (exact) mass is 713 g/mol. The molecule has 1 aliphatic rings. The van der Waals surface area contributed by atoms with Crippen molar-refractivity contribution in [3.63, 3.8) is 0 Å². The van der Waals surface area contributed by atoms with Crippen LogP contribution in [0.1, 0.15) is 37.4 Å². The highest BCUT2D eigenvalue weighted by Gasteiger charge is 2.38. The minimum atomic E-state index is -4.44. The quantitative estimate of drug-likeness (QED) is 0.233. The third-order valence-corrected chi connectivity index (χ3v) is 9.85. The summed E-state index contributed by atoms with van der Waals surface area (Å²) in [6.45, 7) is 7.61. The highest BCUT2D eigenvalue weighted by molar-refractivity contribution is 7.90. The van der Waals surface area contributed by atoms with Crippen molar-refractivity contribution in [3.05, 3.63) is 87.2 Å². The third kappa shape index (κ3) is 6.13. The molecule has 1 fully saturated rings. The second-order valence-corrected chi connectivity index (χ2v) is 14.4. The maximum absolute atomic E-state index is 17.3. The molecule has 0 spiro atoms. The summed E-state index contributed by atoms with van der Waals surface area (Å²) in [4.78, 5) is 33.5. The summed E-state index contributed by atoms with van der Waals surface area (Å²) >= 11 is 6.66. The number of aromatic hydroxyl groups is 1. The number of anilines is 1. The number of phenols is 1. The SMILES string of the molecule is C=C(F)C(=O)N1CCN(c2c(S(C)(=O)=O)c(=O)n(-c3c(C)ccnc3C(C)C)c3c(F)c(-c4c(O)cccc4F)c(Cl)cc23)C[C@@H]1CC#N. The van der Waals surface area contributed by atoms with Crippen molar-refractivity contribution in [1.29, 1.82) is 5.26 Å². The zero-order valence-electron chi connectivity index (χ0n) is 26.9. The summed E-state index contributed by atoms with van der Waals surface area (Å²) in [5.74, 6) is -5.55. The minimum absolute atomic E-state index is 0.0908. The predicted octanol–water partition coefficient (Wildman–Crippen LogP) is 5.94. The molecule has 10 nitrogen and oxygen atoms in total. The van der Waals surface area contributed by atoms with E-state index >= 15 is 8.78 Å². The number of piperazine rings is 1. The smallest absolute Gasteiger partial charge is 0.282 e. The Bertz CT molecular complexity index is 2250. The van der Waals surface area contributed by atoms with Gasteiger partial charge in [-0.3, -0.25) is 19.1 Å². The fourth-order valence-electron chi connectivity index (χ4n) is 6.33. The number of sulfone groups is 1. The lowest BCUT2D eigenvalue weighted by Crippen LogP contribution is -2.55. The normalized spacial score (nSPS) is 15.1. The molecule has 2 aromatic carbocycles. The Kier molecular flexibility index (Phi) is 9.55. The molecule has 15 heteroatoms. The average molecular weight is 714 g/mol. The zero-order valence-corrected chi connectivity index (χ0v) is 28.5. The van der Waals surface area contributed by atoms with Gasteiger partial charge in [-0.15, -0.1) is 0 Å². The van der Waals surface area contributed by atoms with Gasteiger partial charge in [0.15, 0.2) is 26.4 Å². The number of benzene rings is 2. The lowest BCUT2D eigenvalue weighted by atomic mass is 9.98. The molecule has 0 unspecified atom stereocenters. The van der Waals surface area contributed by atoms with Crippen LogP contribution in [0.5, 0.6) is 5.75 Å². The molecular weight excluding hydrogens is 683 g/mol. The number of aryl methyl sites for hydroxylation is 1. The molecule has 256 valence electrons. The van der Waals surface area contributed by atoms with Crippen LogP contribution in [0.25, 0.3) is 27.7 Å². The number of pyridine rings is 2. The third-order valence-electron chi connectivity index (χ3n) is 8.44. The van der Waals surface area contributed by atoms with E-state index in [0.29, 0.717) is 11.3 Å². The molecule has 49 heavy (non-hydrogen) atoms. The Labute approximate surface area is 285 Å². The number of rotatable bonds is 7. The predicted molar refractivity (Wildman–Crippen MR) is 179 cm³/mol. The summed E-state index contributed by atoms with van der Waals surface area (Å²) in [6, 6.07) is 7.03. The standard InChI is InChI=1S/C34H31ClF3N5O5S/c1-17(2)28-29(18(3)10-12-40-28)43-30-21(15-22(35)25(27(30)38)26-23(37)7-6-8-24(26)44)31(32(34(43)46)49(5,47)48)41-13-14-42(33(45)19(4)36)20(16-41)9-11-39/h6-8,10,12,15,17,20,44H,4,9,13-14,16H2,1-3,5H3/t20-/m0/s1. The van der Waals surface area contributed by atoms with Gasteiger partial charge in [0.25, 0.3) is 11.5 Å². The van der Waals surface area contributed by atoms with Gasteiger partial charge >= 0.3 is 0 Å². The number of phenolic OH excluding ortho intramolecular Hbond substituents is 1. The number of carbonyl (C=O) groups excluding carboxylic acids is 1. The summed E-state index contributed by atoms with van der Waals surface area (Å²) in [5, 5.41) is 19.6. The number of hydrogen-bond acceptors (Lipinski definition) is 8. The average Bonchev–Trinajstić information content (AvgIpc) is 3.01. The first-order valence-electron chi connectivity index (χ1n) is 15.0. The Morgan fingerprint density at radius 3 is 2.49 bits per heavy atom. The van der Waals surface area contributed by atoms with Crippen LogP contribution in [-0.2, 0) is 14.6 Å².